The number of hydrogen-bond acceptors (Lipinski definition) is 5. The minimum absolute atomic E-state index is 0.143. The lowest BCUT2D eigenvalue weighted by Gasteiger charge is -2.21. The molecule has 8 nitrogen and oxygen atoms in total. The quantitative estimate of drug-likeness (QED) is 0.890. The predicted molar refractivity (Wildman–Crippen MR) is 98.7 cm³/mol. The molecule has 2 aliphatic rings. The fraction of sp³-hybridized carbons (Fsp3) is 0.526. The first-order chi connectivity index (χ1) is 13.2. The molecule has 0 fully saturated rings. The highest BCUT2D eigenvalue weighted by molar-refractivity contribution is 5.73. The minimum Gasteiger partial charge on any atom is -0.486 e. The van der Waals surface area contributed by atoms with Crippen LogP contribution in [0.25, 0.3) is 0 Å². The van der Waals surface area contributed by atoms with Crippen LogP contribution in [0.1, 0.15) is 36.5 Å². The average Bonchev–Trinajstić information content (AvgIpc) is 2.92. The van der Waals surface area contributed by atoms with Crippen LogP contribution in [0.15, 0.2) is 18.2 Å². The number of carbonyl (C=O) groups excluding carboxylic acids is 1. The monoisotopic (exact) mass is 371 g/mol. The first-order valence-corrected chi connectivity index (χ1v) is 9.49. The highest BCUT2D eigenvalue weighted by Gasteiger charge is 2.17. The maximum Gasteiger partial charge on any atom is 0.317 e. The third-order valence-electron chi connectivity index (χ3n) is 4.96. The number of aromatic nitrogens is 3. The van der Waals surface area contributed by atoms with Crippen LogP contribution in [0.4, 0.5) is 4.79 Å². The van der Waals surface area contributed by atoms with Crippen LogP contribution in [-0.2, 0) is 26.1 Å². The van der Waals surface area contributed by atoms with Crippen molar-refractivity contribution in [1.82, 2.24) is 25.0 Å². The molecule has 3 heterocycles. The Bertz CT molecular complexity index is 820. The maximum atomic E-state index is 12.5. The van der Waals surface area contributed by atoms with Gasteiger partial charge in [-0.2, -0.15) is 0 Å². The number of hydrogen-bond donors (Lipinski definition) is 1. The number of urea groups is 1. The summed E-state index contributed by atoms with van der Waals surface area (Å²) in [7, 11) is 1.77. The van der Waals surface area contributed by atoms with Gasteiger partial charge in [-0.15, -0.1) is 10.2 Å². The van der Waals surface area contributed by atoms with Gasteiger partial charge in [0.05, 0.1) is 6.54 Å². The molecule has 27 heavy (non-hydrogen) atoms. The second-order valence-electron chi connectivity index (χ2n) is 6.99. The fourth-order valence-corrected chi connectivity index (χ4v) is 3.50. The molecular formula is C19H25N5O3. The van der Waals surface area contributed by atoms with Crippen LogP contribution >= 0.6 is 0 Å². The van der Waals surface area contributed by atoms with Gasteiger partial charge in [0.25, 0.3) is 0 Å². The lowest BCUT2D eigenvalue weighted by molar-refractivity contribution is 0.171. The maximum absolute atomic E-state index is 12.5. The highest BCUT2D eigenvalue weighted by atomic mass is 16.6. The minimum atomic E-state index is -0.143. The zero-order valence-electron chi connectivity index (χ0n) is 15.6. The topological polar surface area (TPSA) is 81.5 Å². The van der Waals surface area contributed by atoms with Gasteiger partial charge in [0.15, 0.2) is 17.3 Å². The SMILES string of the molecule is CN(Cc1ccc2c(c1)OCCO2)C(=O)NCc1nnc2n1CCCCC2. The summed E-state index contributed by atoms with van der Waals surface area (Å²) in [5.41, 5.74) is 0.994. The molecule has 4 rings (SSSR count). The summed E-state index contributed by atoms with van der Waals surface area (Å²) in [5, 5.41) is 11.5. The van der Waals surface area contributed by atoms with E-state index in [0.29, 0.717) is 26.3 Å². The van der Waals surface area contributed by atoms with Gasteiger partial charge in [0, 0.05) is 26.6 Å². The Morgan fingerprint density at radius 1 is 1.19 bits per heavy atom. The smallest absolute Gasteiger partial charge is 0.317 e. The number of nitrogens with zero attached hydrogens (tertiary/aromatic N) is 4. The van der Waals surface area contributed by atoms with E-state index in [2.05, 4.69) is 20.1 Å². The van der Waals surface area contributed by atoms with Crippen molar-refractivity contribution in [2.24, 2.45) is 0 Å². The Balaban J connectivity index is 1.34. The molecule has 0 saturated carbocycles. The molecule has 1 N–H and O–H groups in total. The van der Waals surface area contributed by atoms with Crippen molar-refractivity contribution >= 4 is 6.03 Å². The van der Waals surface area contributed by atoms with Gasteiger partial charge in [0.1, 0.15) is 19.0 Å². The van der Waals surface area contributed by atoms with Crippen molar-refractivity contribution in [3.05, 3.63) is 35.4 Å². The Hall–Kier alpha value is -2.77. The number of carbonyl (C=O) groups is 1. The number of rotatable bonds is 4. The Kier molecular flexibility index (Phi) is 5.13. The molecule has 2 amide bonds. The molecule has 2 aromatic rings. The van der Waals surface area contributed by atoms with E-state index in [1.807, 2.05) is 18.2 Å². The summed E-state index contributed by atoms with van der Waals surface area (Å²) < 4.78 is 13.3. The second kappa shape index (κ2) is 7.85. The van der Waals surface area contributed by atoms with E-state index >= 15 is 0 Å². The number of benzene rings is 1. The third-order valence-corrected chi connectivity index (χ3v) is 4.96. The number of aryl methyl sites for hydroxylation is 1. The highest BCUT2D eigenvalue weighted by Crippen LogP contribution is 2.31. The molecule has 0 unspecified atom stereocenters. The summed E-state index contributed by atoms with van der Waals surface area (Å²) in [4.78, 5) is 14.1. The standard InChI is InChI=1S/C19H25N5O3/c1-23(13-14-6-7-15-16(11-14)27-10-9-26-15)19(25)20-12-18-22-21-17-5-3-2-4-8-24(17)18/h6-7,11H,2-5,8-10,12-13H2,1H3,(H,20,25). The summed E-state index contributed by atoms with van der Waals surface area (Å²) in [6.45, 7) is 2.93. The zero-order valence-corrected chi connectivity index (χ0v) is 15.6. The van der Waals surface area contributed by atoms with E-state index in [1.54, 1.807) is 11.9 Å². The Labute approximate surface area is 158 Å². The molecule has 2 aliphatic heterocycles. The Morgan fingerprint density at radius 2 is 2.04 bits per heavy atom. The first-order valence-electron chi connectivity index (χ1n) is 9.49. The van der Waals surface area contributed by atoms with Crippen molar-refractivity contribution < 1.29 is 14.3 Å². The number of fused-ring (bicyclic) bond motifs is 2. The van der Waals surface area contributed by atoms with E-state index in [-0.39, 0.29) is 6.03 Å². The van der Waals surface area contributed by atoms with Crippen molar-refractivity contribution in [3.8, 4) is 11.5 Å². The van der Waals surface area contributed by atoms with Crippen LogP contribution < -0.4 is 14.8 Å². The van der Waals surface area contributed by atoms with E-state index in [9.17, 15) is 4.79 Å². The Morgan fingerprint density at radius 3 is 2.93 bits per heavy atom. The van der Waals surface area contributed by atoms with Crippen LogP contribution in [0, 0.1) is 0 Å². The van der Waals surface area contributed by atoms with Crippen molar-refractivity contribution in [1.29, 1.82) is 0 Å². The lowest BCUT2D eigenvalue weighted by Crippen LogP contribution is -2.37. The van der Waals surface area contributed by atoms with Crippen molar-refractivity contribution in [2.75, 3.05) is 20.3 Å². The van der Waals surface area contributed by atoms with Gasteiger partial charge >= 0.3 is 6.03 Å². The number of amides is 2. The zero-order chi connectivity index (χ0) is 18.6. The fourth-order valence-electron chi connectivity index (χ4n) is 3.50. The van der Waals surface area contributed by atoms with Crippen LogP contribution in [0.3, 0.4) is 0 Å². The summed E-state index contributed by atoms with van der Waals surface area (Å²) in [6.07, 6.45) is 4.47. The summed E-state index contributed by atoms with van der Waals surface area (Å²) in [5.74, 6) is 3.35. The van der Waals surface area contributed by atoms with Crippen LogP contribution in [0.2, 0.25) is 0 Å². The molecule has 0 saturated heterocycles. The van der Waals surface area contributed by atoms with Crippen molar-refractivity contribution in [2.45, 2.75) is 45.3 Å². The number of nitrogens with one attached hydrogen (secondary N) is 1. The van der Waals surface area contributed by atoms with Crippen LogP contribution in [-0.4, -0.2) is 46.0 Å². The second-order valence-corrected chi connectivity index (χ2v) is 6.99. The molecule has 1 aromatic carbocycles. The molecule has 144 valence electrons. The molecule has 1 aromatic heterocycles. The molecule has 0 bridgehead atoms. The molecule has 0 spiro atoms. The van der Waals surface area contributed by atoms with E-state index < -0.39 is 0 Å². The molecule has 0 aliphatic carbocycles. The van der Waals surface area contributed by atoms with E-state index in [0.717, 1.165) is 54.5 Å². The van der Waals surface area contributed by atoms with Gasteiger partial charge in [0.2, 0.25) is 0 Å². The normalized spacial score (nSPS) is 15.6. The van der Waals surface area contributed by atoms with E-state index in [4.69, 9.17) is 9.47 Å². The largest absolute Gasteiger partial charge is 0.486 e. The van der Waals surface area contributed by atoms with Gasteiger partial charge in [-0.1, -0.05) is 12.5 Å². The summed E-state index contributed by atoms with van der Waals surface area (Å²) >= 11 is 0. The molecule has 0 atom stereocenters. The van der Waals surface area contributed by atoms with Crippen LogP contribution in [0.5, 0.6) is 11.5 Å². The van der Waals surface area contributed by atoms with Gasteiger partial charge < -0.3 is 24.3 Å². The number of ether oxygens (including phenoxy) is 2. The molecule has 0 radical (unpaired) electrons. The summed E-state index contributed by atoms with van der Waals surface area (Å²) in [6, 6.07) is 5.63. The van der Waals surface area contributed by atoms with Crippen molar-refractivity contribution in [3.63, 3.8) is 0 Å². The lowest BCUT2D eigenvalue weighted by atomic mass is 10.2. The predicted octanol–water partition coefficient (Wildman–Crippen LogP) is 2.12. The molecule has 8 heteroatoms. The van der Waals surface area contributed by atoms with Gasteiger partial charge in [-0.05, 0) is 30.5 Å². The molecular weight excluding hydrogens is 346 g/mol. The van der Waals surface area contributed by atoms with Gasteiger partial charge in [-0.25, -0.2) is 4.79 Å². The van der Waals surface area contributed by atoms with Gasteiger partial charge in [-0.3, -0.25) is 0 Å². The van der Waals surface area contributed by atoms with E-state index in [1.165, 1.54) is 6.42 Å². The first kappa shape index (κ1) is 17.6. The third kappa shape index (κ3) is 3.99. The average molecular weight is 371 g/mol.